The normalized spacial score (nSPS) is 10.3. The van der Waals surface area contributed by atoms with Crippen LogP contribution in [0.4, 0.5) is 15.8 Å². The summed E-state index contributed by atoms with van der Waals surface area (Å²) >= 11 is 0. The van der Waals surface area contributed by atoms with E-state index < -0.39 is 5.91 Å². The Kier molecular flexibility index (Phi) is 5.21. The highest BCUT2D eigenvalue weighted by Crippen LogP contribution is 2.29. The van der Waals surface area contributed by atoms with E-state index in [-0.39, 0.29) is 17.5 Å². The van der Waals surface area contributed by atoms with E-state index in [1.165, 1.54) is 32.2 Å². The van der Waals surface area contributed by atoms with Crippen LogP contribution in [-0.2, 0) is 4.79 Å². The molecular formula is C20H17FN2O4. The lowest BCUT2D eigenvalue weighted by Gasteiger charge is -2.11. The SMILES string of the molecule is COc1ccc(NC(C)=O)cc1NC(=O)c1ccc(-c2ccc(F)cc2)o1. The molecule has 6 nitrogen and oxygen atoms in total. The van der Waals surface area contributed by atoms with Gasteiger partial charge in [-0.3, -0.25) is 9.59 Å². The van der Waals surface area contributed by atoms with Gasteiger partial charge in [-0.2, -0.15) is 0 Å². The Morgan fingerprint density at radius 2 is 1.74 bits per heavy atom. The molecule has 0 saturated heterocycles. The maximum Gasteiger partial charge on any atom is 0.291 e. The van der Waals surface area contributed by atoms with Gasteiger partial charge in [0.15, 0.2) is 5.76 Å². The zero-order chi connectivity index (χ0) is 19.4. The van der Waals surface area contributed by atoms with E-state index >= 15 is 0 Å². The molecule has 0 aliphatic rings. The first kappa shape index (κ1) is 18.2. The topological polar surface area (TPSA) is 80.6 Å². The molecule has 0 saturated carbocycles. The number of rotatable bonds is 5. The third-order valence-electron chi connectivity index (χ3n) is 3.73. The third kappa shape index (κ3) is 4.33. The Bertz CT molecular complexity index is 980. The van der Waals surface area contributed by atoms with Crippen LogP contribution in [0.3, 0.4) is 0 Å². The largest absolute Gasteiger partial charge is 0.495 e. The summed E-state index contributed by atoms with van der Waals surface area (Å²) in [4.78, 5) is 23.7. The second-order valence-electron chi connectivity index (χ2n) is 5.72. The van der Waals surface area contributed by atoms with Crippen molar-refractivity contribution in [2.75, 3.05) is 17.7 Å². The van der Waals surface area contributed by atoms with Crippen LogP contribution in [0.2, 0.25) is 0 Å². The molecular weight excluding hydrogens is 351 g/mol. The van der Waals surface area contributed by atoms with Gasteiger partial charge in [0.1, 0.15) is 17.3 Å². The second kappa shape index (κ2) is 7.74. The number of amides is 2. The van der Waals surface area contributed by atoms with Crippen molar-refractivity contribution in [1.29, 1.82) is 0 Å². The first-order valence-corrected chi connectivity index (χ1v) is 8.09. The Morgan fingerprint density at radius 1 is 1.00 bits per heavy atom. The lowest BCUT2D eigenvalue weighted by molar-refractivity contribution is -0.114. The Balaban J connectivity index is 1.81. The summed E-state index contributed by atoms with van der Waals surface area (Å²) in [6, 6.07) is 13.8. The summed E-state index contributed by atoms with van der Waals surface area (Å²) in [7, 11) is 1.47. The van der Waals surface area contributed by atoms with Crippen LogP contribution >= 0.6 is 0 Å². The van der Waals surface area contributed by atoms with Gasteiger partial charge in [-0.1, -0.05) is 0 Å². The predicted molar refractivity (Wildman–Crippen MR) is 99.4 cm³/mol. The van der Waals surface area contributed by atoms with Gasteiger partial charge < -0.3 is 19.8 Å². The summed E-state index contributed by atoms with van der Waals surface area (Å²) in [5.74, 6) is -0.105. The fraction of sp³-hybridized carbons (Fsp3) is 0.100. The number of halogens is 1. The second-order valence-corrected chi connectivity index (χ2v) is 5.72. The first-order chi connectivity index (χ1) is 13.0. The number of anilines is 2. The zero-order valence-electron chi connectivity index (χ0n) is 14.7. The highest BCUT2D eigenvalue weighted by Gasteiger charge is 2.15. The molecule has 2 aromatic carbocycles. The van der Waals surface area contributed by atoms with Crippen molar-refractivity contribution < 1.29 is 23.1 Å². The fourth-order valence-corrected chi connectivity index (χ4v) is 2.50. The summed E-state index contributed by atoms with van der Waals surface area (Å²) in [6.07, 6.45) is 0. The van der Waals surface area contributed by atoms with Crippen LogP contribution in [0.25, 0.3) is 11.3 Å². The lowest BCUT2D eigenvalue weighted by Crippen LogP contribution is -2.12. The number of nitrogens with one attached hydrogen (secondary N) is 2. The smallest absolute Gasteiger partial charge is 0.291 e. The first-order valence-electron chi connectivity index (χ1n) is 8.09. The number of ether oxygens (including phenoxy) is 1. The molecule has 0 unspecified atom stereocenters. The number of hydrogen-bond acceptors (Lipinski definition) is 4. The van der Waals surface area contributed by atoms with Crippen molar-refractivity contribution in [1.82, 2.24) is 0 Å². The standard InChI is InChI=1S/C20H17FN2O4/c1-12(24)22-15-7-8-18(26-2)16(11-15)23-20(25)19-10-9-17(27-19)13-3-5-14(21)6-4-13/h3-11H,1-2H3,(H,22,24)(H,23,25). The quantitative estimate of drug-likeness (QED) is 0.703. The van der Waals surface area contributed by atoms with Gasteiger partial charge in [-0.15, -0.1) is 0 Å². The summed E-state index contributed by atoms with van der Waals surface area (Å²) < 4.78 is 23.8. The van der Waals surface area contributed by atoms with Gasteiger partial charge in [0, 0.05) is 18.2 Å². The Labute approximate surface area is 155 Å². The highest BCUT2D eigenvalue weighted by molar-refractivity contribution is 6.04. The maximum absolute atomic E-state index is 13.0. The summed E-state index contributed by atoms with van der Waals surface area (Å²) in [6.45, 7) is 1.39. The van der Waals surface area contributed by atoms with E-state index in [0.717, 1.165) is 0 Å². The van der Waals surface area contributed by atoms with Crippen LogP contribution < -0.4 is 15.4 Å². The predicted octanol–water partition coefficient (Wildman–Crippen LogP) is 4.31. The molecule has 0 spiro atoms. The van der Waals surface area contributed by atoms with Crippen molar-refractivity contribution in [2.24, 2.45) is 0 Å². The Morgan fingerprint density at radius 3 is 2.41 bits per heavy atom. The average molecular weight is 368 g/mol. The number of benzene rings is 2. The molecule has 138 valence electrons. The fourth-order valence-electron chi connectivity index (χ4n) is 2.50. The maximum atomic E-state index is 13.0. The van der Waals surface area contributed by atoms with E-state index in [0.29, 0.717) is 28.4 Å². The van der Waals surface area contributed by atoms with Crippen LogP contribution in [0, 0.1) is 5.82 Å². The van der Waals surface area contributed by atoms with E-state index in [9.17, 15) is 14.0 Å². The van der Waals surface area contributed by atoms with Crippen molar-refractivity contribution in [2.45, 2.75) is 6.92 Å². The van der Waals surface area contributed by atoms with Crippen LogP contribution in [0.5, 0.6) is 5.75 Å². The number of hydrogen-bond donors (Lipinski definition) is 2. The lowest BCUT2D eigenvalue weighted by atomic mass is 10.2. The van der Waals surface area contributed by atoms with Crippen molar-refractivity contribution >= 4 is 23.2 Å². The zero-order valence-corrected chi connectivity index (χ0v) is 14.7. The van der Waals surface area contributed by atoms with Crippen molar-refractivity contribution in [3.8, 4) is 17.1 Å². The van der Waals surface area contributed by atoms with Gasteiger partial charge in [-0.25, -0.2) is 4.39 Å². The average Bonchev–Trinajstić information content (AvgIpc) is 3.12. The summed E-state index contributed by atoms with van der Waals surface area (Å²) in [5.41, 5.74) is 1.55. The minimum Gasteiger partial charge on any atom is -0.495 e. The molecule has 1 aromatic heterocycles. The van der Waals surface area contributed by atoms with Crippen LogP contribution in [0.15, 0.2) is 59.0 Å². The molecule has 0 bridgehead atoms. The van der Waals surface area contributed by atoms with Crippen LogP contribution in [0.1, 0.15) is 17.5 Å². The molecule has 0 atom stereocenters. The highest BCUT2D eigenvalue weighted by atomic mass is 19.1. The van der Waals surface area contributed by atoms with Gasteiger partial charge >= 0.3 is 0 Å². The molecule has 2 amide bonds. The van der Waals surface area contributed by atoms with Crippen molar-refractivity contribution in [3.63, 3.8) is 0 Å². The molecule has 27 heavy (non-hydrogen) atoms. The molecule has 3 rings (SSSR count). The van der Waals surface area contributed by atoms with E-state index in [2.05, 4.69) is 10.6 Å². The van der Waals surface area contributed by atoms with E-state index in [4.69, 9.17) is 9.15 Å². The van der Waals surface area contributed by atoms with Gasteiger partial charge in [-0.05, 0) is 54.6 Å². The molecule has 2 N–H and O–H groups in total. The van der Waals surface area contributed by atoms with E-state index in [1.54, 1.807) is 36.4 Å². The molecule has 7 heteroatoms. The number of carbonyl (C=O) groups is 2. The molecule has 0 radical (unpaired) electrons. The van der Waals surface area contributed by atoms with E-state index in [1.807, 2.05) is 0 Å². The third-order valence-corrected chi connectivity index (χ3v) is 3.73. The number of methoxy groups -OCH3 is 1. The molecule has 0 aliphatic heterocycles. The molecule has 0 fully saturated rings. The minimum atomic E-state index is -0.485. The molecule has 3 aromatic rings. The minimum absolute atomic E-state index is 0.0845. The van der Waals surface area contributed by atoms with Gasteiger partial charge in [0.2, 0.25) is 5.91 Å². The molecule has 0 aliphatic carbocycles. The van der Waals surface area contributed by atoms with Gasteiger partial charge in [0.05, 0.1) is 12.8 Å². The Hall–Kier alpha value is -3.61. The number of carbonyl (C=O) groups excluding carboxylic acids is 2. The van der Waals surface area contributed by atoms with Crippen molar-refractivity contribution in [3.05, 3.63) is 66.2 Å². The summed E-state index contributed by atoms with van der Waals surface area (Å²) in [5, 5.41) is 5.34. The van der Waals surface area contributed by atoms with Gasteiger partial charge in [0.25, 0.3) is 5.91 Å². The number of furan rings is 1. The molecule has 1 heterocycles. The monoisotopic (exact) mass is 368 g/mol. The van der Waals surface area contributed by atoms with Crippen LogP contribution in [-0.4, -0.2) is 18.9 Å².